The molecule has 164 valence electrons. The maximum Gasteiger partial charge on any atom is 0.232 e. The molecule has 1 N–H and O–H groups in total. The number of ether oxygens (including phenoxy) is 1. The third-order valence-electron chi connectivity index (χ3n) is 4.70. The smallest absolute Gasteiger partial charge is 0.232 e. The van der Waals surface area contributed by atoms with Gasteiger partial charge in [-0.05, 0) is 75.1 Å². The highest BCUT2D eigenvalue weighted by Crippen LogP contribution is 2.22. The Morgan fingerprint density at radius 1 is 1.10 bits per heavy atom. The van der Waals surface area contributed by atoms with E-state index in [1.54, 1.807) is 6.07 Å². The largest absolute Gasteiger partial charge is 0.491 e. The lowest BCUT2D eigenvalue weighted by atomic mass is 10.1. The standard InChI is InChI=1S/C23H32N2O4S/c1-17(2)29-22-9-6-8-20(15-22)16-24-23(26)10-7-13-25(30(5,27)28)21-12-11-18(3)19(4)14-21/h6,8-9,11-12,14-15,17H,7,10,13,16H2,1-5H3,(H,24,26). The Bertz CT molecular complexity index is 971. The summed E-state index contributed by atoms with van der Waals surface area (Å²) in [5, 5.41) is 2.89. The van der Waals surface area contributed by atoms with Gasteiger partial charge in [-0.15, -0.1) is 0 Å². The molecule has 2 aromatic carbocycles. The van der Waals surface area contributed by atoms with Crippen LogP contribution in [0.15, 0.2) is 42.5 Å². The number of sulfonamides is 1. The number of hydrogen-bond donors (Lipinski definition) is 1. The summed E-state index contributed by atoms with van der Waals surface area (Å²) in [4.78, 5) is 12.2. The Labute approximate surface area is 180 Å². The van der Waals surface area contributed by atoms with Crippen molar-refractivity contribution in [2.75, 3.05) is 17.1 Å². The lowest BCUT2D eigenvalue weighted by Gasteiger charge is -2.23. The second kappa shape index (κ2) is 10.5. The number of hydrogen-bond acceptors (Lipinski definition) is 4. The molecule has 0 unspecified atom stereocenters. The van der Waals surface area contributed by atoms with Gasteiger partial charge in [0.05, 0.1) is 18.0 Å². The zero-order chi connectivity index (χ0) is 22.3. The van der Waals surface area contributed by atoms with E-state index in [9.17, 15) is 13.2 Å². The van der Waals surface area contributed by atoms with Crippen molar-refractivity contribution in [3.63, 3.8) is 0 Å². The molecule has 2 rings (SSSR count). The van der Waals surface area contributed by atoms with Crippen LogP contribution in [0.3, 0.4) is 0 Å². The van der Waals surface area contributed by atoms with Gasteiger partial charge < -0.3 is 10.1 Å². The highest BCUT2D eigenvalue weighted by molar-refractivity contribution is 7.92. The second-order valence-corrected chi connectivity index (χ2v) is 9.70. The monoisotopic (exact) mass is 432 g/mol. The number of carbonyl (C=O) groups excluding carboxylic acids is 1. The number of nitrogens with one attached hydrogen (secondary N) is 1. The molecule has 0 aliphatic heterocycles. The first kappa shape index (κ1) is 23.7. The minimum atomic E-state index is -3.43. The number of nitrogens with zero attached hydrogens (tertiary/aromatic N) is 1. The van der Waals surface area contributed by atoms with E-state index >= 15 is 0 Å². The molecule has 0 aliphatic carbocycles. The first-order valence-corrected chi connectivity index (χ1v) is 12.0. The fourth-order valence-electron chi connectivity index (χ4n) is 3.04. The molecule has 7 heteroatoms. The highest BCUT2D eigenvalue weighted by atomic mass is 32.2. The van der Waals surface area contributed by atoms with Crippen molar-refractivity contribution < 1.29 is 17.9 Å². The summed E-state index contributed by atoms with van der Waals surface area (Å²) in [7, 11) is -3.43. The van der Waals surface area contributed by atoms with E-state index in [1.165, 1.54) is 10.6 Å². The molecule has 0 aliphatic rings. The summed E-state index contributed by atoms with van der Waals surface area (Å²) in [6.45, 7) is 8.53. The Morgan fingerprint density at radius 2 is 1.83 bits per heavy atom. The van der Waals surface area contributed by atoms with Gasteiger partial charge in [-0.2, -0.15) is 0 Å². The lowest BCUT2D eigenvalue weighted by molar-refractivity contribution is -0.121. The zero-order valence-corrected chi connectivity index (χ0v) is 19.3. The summed E-state index contributed by atoms with van der Waals surface area (Å²) in [6, 6.07) is 13.2. The summed E-state index contributed by atoms with van der Waals surface area (Å²) >= 11 is 0. The number of aryl methyl sites for hydroxylation is 2. The Morgan fingerprint density at radius 3 is 2.47 bits per heavy atom. The van der Waals surface area contributed by atoms with Crippen molar-refractivity contribution in [3.05, 3.63) is 59.2 Å². The van der Waals surface area contributed by atoms with Crippen molar-refractivity contribution in [1.82, 2.24) is 5.32 Å². The third-order valence-corrected chi connectivity index (χ3v) is 5.90. The first-order valence-electron chi connectivity index (χ1n) is 10.1. The minimum Gasteiger partial charge on any atom is -0.491 e. The van der Waals surface area contributed by atoms with Crippen LogP contribution in [0.1, 0.15) is 43.4 Å². The van der Waals surface area contributed by atoms with Gasteiger partial charge in [-0.25, -0.2) is 8.42 Å². The van der Waals surface area contributed by atoms with E-state index in [-0.39, 0.29) is 25.0 Å². The molecule has 0 spiro atoms. The SMILES string of the molecule is Cc1ccc(N(CCCC(=O)NCc2cccc(OC(C)C)c2)S(C)(=O)=O)cc1C. The highest BCUT2D eigenvalue weighted by Gasteiger charge is 2.18. The summed E-state index contributed by atoms with van der Waals surface area (Å²) < 4.78 is 31.5. The normalized spacial score (nSPS) is 11.4. The van der Waals surface area contributed by atoms with Gasteiger partial charge in [0.15, 0.2) is 0 Å². The quantitative estimate of drug-likeness (QED) is 0.617. The molecule has 0 radical (unpaired) electrons. The number of carbonyl (C=O) groups is 1. The average Bonchev–Trinajstić information content (AvgIpc) is 2.65. The van der Waals surface area contributed by atoms with Gasteiger partial charge in [0, 0.05) is 19.5 Å². The Kier molecular flexibility index (Phi) is 8.29. The Balaban J connectivity index is 1.89. The molecular formula is C23H32N2O4S. The van der Waals surface area contributed by atoms with Crippen LogP contribution < -0.4 is 14.4 Å². The molecule has 0 fully saturated rings. The van der Waals surface area contributed by atoms with Crippen LogP contribution in [-0.4, -0.2) is 33.2 Å². The van der Waals surface area contributed by atoms with E-state index in [1.807, 2.05) is 64.1 Å². The van der Waals surface area contributed by atoms with Crippen molar-refractivity contribution in [1.29, 1.82) is 0 Å². The third kappa shape index (κ3) is 7.37. The zero-order valence-electron chi connectivity index (χ0n) is 18.4. The molecule has 0 bridgehead atoms. The van der Waals surface area contributed by atoms with Crippen LogP contribution in [0, 0.1) is 13.8 Å². The topological polar surface area (TPSA) is 75.7 Å². The van der Waals surface area contributed by atoms with Gasteiger partial charge in [-0.1, -0.05) is 18.2 Å². The van der Waals surface area contributed by atoms with Crippen LogP contribution >= 0.6 is 0 Å². The number of benzene rings is 2. The van der Waals surface area contributed by atoms with Crippen molar-refractivity contribution in [2.24, 2.45) is 0 Å². The predicted molar refractivity (Wildman–Crippen MR) is 121 cm³/mol. The fraction of sp³-hybridized carbons (Fsp3) is 0.435. The van der Waals surface area contributed by atoms with Gasteiger partial charge in [0.2, 0.25) is 15.9 Å². The van der Waals surface area contributed by atoms with E-state index in [2.05, 4.69) is 5.32 Å². The van der Waals surface area contributed by atoms with E-state index in [0.29, 0.717) is 18.7 Å². The molecule has 6 nitrogen and oxygen atoms in total. The van der Waals surface area contributed by atoms with Crippen LogP contribution in [-0.2, 0) is 21.4 Å². The van der Waals surface area contributed by atoms with E-state index in [0.717, 1.165) is 22.4 Å². The van der Waals surface area contributed by atoms with Crippen molar-refractivity contribution >= 4 is 21.6 Å². The summed E-state index contributed by atoms with van der Waals surface area (Å²) in [5.41, 5.74) is 3.72. The maximum absolute atomic E-state index is 12.2. The molecule has 1 amide bonds. The molecule has 30 heavy (non-hydrogen) atoms. The molecule has 2 aromatic rings. The van der Waals surface area contributed by atoms with Gasteiger partial charge in [0.1, 0.15) is 5.75 Å². The number of anilines is 1. The van der Waals surface area contributed by atoms with Crippen LogP contribution in [0.2, 0.25) is 0 Å². The maximum atomic E-state index is 12.2. The molecule has 0 aromatic heterocycles. The van der Waals surface area contributed by atoms with Gasteiger partial charge in [0.25, 0.3) is 0 Å². The van der Waals surface area contributed by atoms with Crippen LogP contribution in [0.5, 0.6) is 5.75 Å². The van der Waals surface area contributed by atoms with Gasteiger partial charge in [-0.3, -0.25) is 9.10 Å². The Hall–Kier alpha value is -2.54. The summed E-state index contributed by atoms with van der Waals surface area (Å²) in [5.74, 6) is 0.660. The molecule has 0 saturated carbocycles. The fourth-order valence-corrected chi connectivity index (χ4v) is 4.00. The van der Waals surface area contributed by atoms with Crippen molar-refractivity contribution in [2.45, 2.75) is 53.2 Å². The molecular weight excluding hydrogens is 400 g/mol. The molecule has 0 saturated heterocycles. The molecule has 0 heterocycles. The summed E-state index contributed by atoms with van der Waals surface area (Å²) in [6.07, 6.45) is 1.96. The predicted octanol–water partition coefficient (Wildman–Crippen LogP) is 3.95. The minimum absolute atomic E-state index is 0.0879. The average molecular weight is 433 g/mol. The van der Waals surface area contributed by atoms with Crippen LogP contribution in [0.4, 0.5) is 5.69 Å². The first-order chi connectivity index (χ1) is 14.1. The van der Waals surface area contributed by atoms with E-state index in [4.69, 9.17) is 4.74 Å². The van der Waals surface area contributed by atoms with Crippen molar-refractivity contribution in [3.8, 4) is 5.75 Å². The second-order valence-electron chi connectivity index (χ2n) is 7.80. The lowest BCUT2D eigenvalue weighted by Crippen LogP contribution is -2.32. The van der Waals surface area contributed by atoms with Gasteiger partial charge >= 0.3 is 0 Å². The number of amides is 1. The van der Waals surface area contributed by atoms with E-state index < -0.39 is 10.0 Å². The van der Waals surface area contributed by atoms with Crippen LogP contribution in [0.25, 0.3) is 0 Å². The number of rotatable bonds is 10. The molecule has 0 atom stereocenters.